The van der Waals surface area contributed by atoms with Crippen LogP contribution in [0.2, 0.25) is 0 Å². The van der Waals surface area contributed by atoms with Crippen LogP contribution < -0.4 is 10.3 Å². The highest BCUT2D eigenvalue weighted by Gasteiger charge is 2.13. The van der Waals surface area contributed by atoms with Gasteiger partial charge in [0.2, 0.25) is 0 Å². The Bertz CT molecular complexity index is 971. The van der Waals surface area contributed by atoms with E-state index in [0.29, 0.717) is 16.7 Å². The van der Waals surface area contributed by atoms with E-state index in [1.807, 2.05) is 0 Å². The van der Waals surface area contributed by atoms with E-state index in [1.54, 1.807) is 37.4 Å². The topological polar surface area (TPSA) is 75.3 Å². The molecule has 3 rings (SSSR count). The van der Waals surface area contributed by atoms with Crippen LogP contribution in [0.4, 0.5) is 4.39 Å². The molecule has 6 nitrogen and oxygen atoms in total. The van der Waals surface area contributed by atoms with E-state index in [4.69, 9.17) is 4.74 Å². The van der Waals surface area contributed by atoms with Crippen molar-refractivity contribution in [3.05, 3.63) is 70.5 Å². The third kappa shape index (κ3) is 3.82. The Morgan fingerprint density at radius 1 is 1.20 bits per heavy atom. The van der Waals surface area contributed by atoms with E-state index in [9.17, 15) is 14.0 Å². The van der Waals surface area contributed by atoms with Gasteiger partial charge in [-0.15, -0.1) is 0 Å². The molecule has 1 aromatic heterocycles. The minimum absolute atomic E-state index is 0.0153. The first kappa shape index (κ1) is 16.6. The second-order valence-corrected chi connectivity index (χ2v) is 5.50. The third-order valence-electron chi connectivity index (χ3n) is 3.66. The van der Waals surface area contributed by atoms with Crippen LogP contribution in [-0.4, -0.2) is 34.4 Å². The van der Waals surface area contributed by atoms with Crippen LogP contribution in [-0.2, 0) is 11.3 Å². The lowest BCUT2D eigenvalue weighted by Gasteiger charge is -2.17. The first-order valence-corrected chi connectivity index (χ1v) is 7.64. The molecule has 3 aromatic rings. The number of nitrogens with zero attached hydrogens (tertiary/aromatic N) is 2. The number of likely N-dealkylation sites (N-methyl/N-ethyl adjacent to an activating group) is 1. The summed E-state index contributed by atoms with van der Waals surface area (Å²) in [6, 6.07) is 12.8. The molecule has 0 aliphatic rings. The largest absolute Gasteiger partial charge is 0.481 e. The quantitative estimate of drug-likeness (QED) is 0.771. The average molecular weight is 341 g/mol. The van der Waals surface area contributed by atoms with Gasteiger partial charge < -0.3 is 14.6 Å². The molecule has 0 bridgehead atoms. The van der Waals surface area contributed by atoms with Crippen molar-refractivity contribution in [1.82, 2.24) is 14.9 Å². The summed E-state index contributed by atoms with van der Waals surface area (Å²) in [6.45, 7) is -0.200. The van der Waals surface area contributed by atoms with Gasteiger partial charge in [-0.3, -0.25) is 9.59 Å². The molecular weight excluding hydrogens is 325 g/mol. The number of carbonyl (C=O) groups excluding carboxylic acids is 1. The Morgan fingerprint density at radius 3 is 2.72 bits per heavy atom. The number of amides is 1. The number of aromatic amines is 1. The Labute approximate surface area is 142 Å². The van der Waals surface area contributed by atoms with Gasteiger partial charge >= 0.3 is 0 Å². The van der Waals surface area contributed by atoms with Crippen LogP contribution in [0.5, 0.6) is 5.75 Å². The number of hydrogen-bond acceptors (Lipinski definition) is 4. The van der Waals surface area contributed by atoms with Crippen molar-refractivity contribution < 1.29 is 13.9 Å². The summed E-state index contributed by atoms with van der Waals surface area (Å²) < 4.78 is 18.7. The van der Waals surface area contributed by atoms with Crippen LogP contribution >= 0.6 is 0 Å². The Hall–Kier alpha value is -3.22. The Morgan fingerprint density at radius 2 is 1.92 bits per heavy atom. The molecule has 25 heavy (non-hydrogen) atoms. The van der Waals surface area contributed by atoms with Gasteiger partial charge in [0.15, 0.2) is 18.2 Å². The summed E-state index contributed by atoms with van der Waals surface area (Å²) in [5.41, 5.74) is 0.300. The SMILES string of the molecule is CN(Cc1nc2ccccc2c(=O)[nH]1)C(=O)COc1ccccc1F. The first-order valence-electron chi connectivity index (χ1n) is 7.64. The van der Waals surface area contributed by atoms with Crippen molar-refractivity contribution in [2.24, 2.45) is 0 Å². The zero-order valence-corrected chi connectivity index (χ0v) is 13.5. The van der Waals surface area contributed by atoms with Crippen LogP contribution in [0.25, 0.3) is 10.9 Å². The minimum Gasteiger partial charge on any atom is -0.481 e. The molecule has 0 spiro atoms. The van der Waals surface area contributed by atoms with Gasteiger partial charge in [0.25, 0.3) is 11.5 Å². The van der Waals surface area contributed by atoms with Crippen molar-refractivity contribution in [1.29, 1.82) is 0 Å². The molecule has 1 N–H and O–H groups in total. The smallest absolute Gasteiger partial charge is 0.260 e. The molecule has 128 valence electrons. The van der Waals surface area contributed by atoms with Crippen molar-refractivity contribution >= 4 is 16.8 Å². The summed E-state index contributed by atoms with van der Waals surface area (Å²) >= 11 is 0. The molecule has 0 fully saturated rings. The maximum atomic E-state index is 13.5. The van der Waals surface area contributed by atoms with Crippen LogP contribution in [0, 0.1) is 5.82 Å². The second kappa shape index (κ2) is 7.12. The number of H-pyrrole nitrogens is 1. The van der Waals surface area contributed by atoms with E-state index in [1.165, 1.54) is 23.1 Å². The van der Waals surface area contributed by atoms with E-state index in [2.05, 4.69) is 9.97 Å². The van der Waals surface area contributed by atoms with Crippen LogP contribution in [0.1, 0.15) is 5.82 Å². The standard InChI is InChI=1S/C18H16FN3O3/c1-22(17(23)11-25-15-9-5-3-7-13(15)19)10-16-20-14-8-4-2-6-12(14)18(24)21-16/h2-9H,10-11H2,1H3,(H,20,21,24). The van der Waals surface area contributed by atoms with E-state index in [-0.39, 0.29) is 30.4 Å². The summed E-state index contributed by atoms with van der Waals surface area (Å²) in [6.07, 6.45) is 0. The highest BCUT2D eigenvalue weighted by Crippen LogP contribution is 2.15. The van der Waals surface area contributed by atoms with Crippen molar-refractivity contribution in [3.63, 3.8) is 0 Å². The minimum atomic E-state index is -0.529. The number of ether oxygens (including phenoxy) is 1. The lowest BCUT2D eigenvalue weighted by Crippen LogP contribution is -2.32. The van der Waals surface area contributed by atoms with Gasteiger partial charge in [-0.2, -0.15) is 0 Å². The zero-order chi connectivity index (χ0) is 17.8. The molecule has 2 aromatic carbocycles. The molecule has 0 radical (unpaired) electrons. The fraction of sp³-hybridized carbons (Fsp3) is 0.167. The molecule has 1 heterocycles. The van der Waals surface area contributed by atoms with Gasteiger partial charge in [-0.1, -0.05) is 24.3 Å². The van der Waals surface area contributed by atoms with E-state index < -0.39 is 5.82 Å². The normalized spacial score (nSPS) is 10.6. The number of hydrogen-bond donors (Lipinski definition) is 1. The van der Waals surface area contributed by atoms with Gasteiger partial charge in [0, 0.05) is 7.05 Å². The Kier molecular flexibility index (Phi) is 4.74. The molecule has 1 amide bonds. The lowest BCUT2D eigenvalue weighted by molar-refractivity contribution is -0.132. The first-order chi connectivity index (χ1) is 12.0. The highest BCUT2D eigenvalue weighted by molar-refractivity contribution is 5.78. The van der Waals surface area contributed by atoms with Crippen LogP contribution in [0.3, 0.4) is 0 Å². The number of aromatic nitrogens is 2. The molecule has 0 atom stereocenters. The number of carbonyl (C=O) groups is 1. The molecule has 0 saturated heterocycles. The second-order valence-electron chi connectivity index (χ2n) is 5.50. The molecule has 7 heteroatoms. The fourth-order valence-corrected chi connectivity index (χ4v) is 2.33. The highest BCUT2D eigenvalue weighted by atomic mass is 19.1. The van der Waals surface area contributed by atoms with Gasteiger partial charge in [-0.25, -0.2) is 9.37 Å². The summed E-state index contributed by atoms with van der Waals surface area (Å²) in [5.74, 6) is -0.510. The monoisotopic (exact) mass is 341 g/mol. The van der Waals surface area contributed by atoms with E-state index in [0.717, 1.165) is 0 Å². The molecule has 0 aliphatic carbocycles. The fourth-order valence-electron chi connectivity index (χ4n) is 2.33. The van der Waals surface area contributed by atoms with Crippen LogP contribution in [0.15, 0.2) is 53.3 Å². The van der Waals surface area contributed by atoms with E-state index >= 15 is 0 Å². The number of para-hydroxylation sites is 2. The number of halogens is 1. The zero-order valence-electron chi connectivity index (χ0n) is 13.5. The summed E-state index contributed by atoms with van der Waals surface area (Å²) in [7, 11) is 1.56. The maximum Gasteiger partial charge on any atom is 0.260 e. The molecule has 0 saturated carbocycles. The summed E-state index contributed by atoms with van der Waals surface area (Å²) in [5, 5.41) is 0.489. The molecule has 0 aliphatic heterocycles. The third-order valence-corrected chi connectivity index (χ3v) is 3.66. The van der Waals surface area contributed by atoms with Gasteiger partial charge in [0.05, 0.1) is 17.4 Å². The number of nitrogens with one attached hydrogen (secondary N) is 1. The maximum absolute atomic E-state index is 13.5. The summed E-state index contributed by atoms with van der Waals surface area (Å²) in [4.78, 5) is 32.5. The number of benzene rings is 2. The predicted octanol–water partition coefficient (Wildman–Crippen LogP) is 2.10. The Balaban J connectivity index is 1.67. The predicted molar refractivity (Wildman–Crippen MR) is 90.7 cm³/mol. The van der Waals surface area contributed by atoms with Crippen molar-refractivity contribution in [2.75, 3.05) is 13.7 Å². The average Bonchev–Trinajstić information content (AvgIpc) is 2.61. The van der Waals surface area contributed by atoms with Gasteiger partial charge in [-0.05, 0) is 24.3 Å². The van der Waals surface area contributed by atoms with Crippen molar-refractivity contribution in [3.8, 4) is 5.75 Å². The molecule has 0 unspecified atom stereocenters. The number of fused-ring (bicyclic) bond motifs is 1. The number of rotatable bonds is 5. The molecular formula is C18H16FN3O3. The van der Waals surface area contributed by atoms with Crippen molar-refractivity contribution in [2.45, 2.75) is 6.54 Å². The lowest BCUT2D eigenvalue weighted by atomic mass is 10.2. The van der Waals surface area contributed by atoms with Gasteiger partial charge in [0.1, 0.15) is 5.82 Å².